The fraction of sp³-hybridized carbons (Fsp3) is 0.900. The largest absolute Gasteiger partial charge is 0.480 e. The van der Waals surface area contributed by atoms with Crippen LogP contribution in [0.4, 0.5) is 0 Å². The van der Waals surface area contributed by atoms with Crippen LogP contribution in [-0.4, -0.2) is 47.1 Å². The highest BCUT2D eigenvalue weighted by molar-refractivity contribution is 7.99. The average Bonchev–Trinajstić information content (AvgIpc) is 2.02. The Balaban J connectivity index is 3.78. The van der Waals surface area contributed by atoms with Crippen molar-refractivity contribution in [3.8, 4) is 0 Å². The Morgan fingerprint density at radius 3 is 2.57 bits per heavy atom. The molecular formula is C10H21NO2S. The summed E-state index contributed by atoms with van der Waals surface area (Å²) in [5.41, 5.74) is 0. The highest BCUT2D eigenvalue weighted by Crippen LogP contribution is 2.03. The normalized spacial score (nSPS) is 11.2. The second-order valence-corrected chi connectivity index (χ2v) is 5.11. The highest BCUT2D eigenvalue weighted by Gasteiger charge is 2.10. The molecule has 0 aliphatic carbocycles. The van der Waals surface area contributed by atoms with Gasteiger partial charge in [-0.05, 0) is 11.7 Å². The zero-order chi connectivity index (χ0) is 11.0. The molecule has 0 aliphatic heterocycles. The zero-order valence-electron chi connectivity index (χ0n) is 9.32. The van der Waals surface area contributed by atoms with Crippen molar-refractivity contribution < 1.29 is 9.90 Å². The van der Waals surface area contributed by atoms with E-state index < -0.39 is 5.97 Å². The lowest BCUT2D eigenvalue weighted by Crippen LogP contribution is -2.34. The van der Waals surface area contributed by atoms with E-state index in [9.17, 15) is 4.79 Å². The second kappa shape index (κ2) is 8.12. The number of rotatable bonds is 8. The Hall–Kier alpha value is -0.220. The van der Waals surface area contributed by atoms with Crippen LogP contribution in [0.1, 0.15) is 20.8 Å². The van der Waals surface area contributed by atoms with Crippen molar-refractivity contribution >= 4 is 17.7 Å². The smallest absolute Gasteiger partial charge is 0.317 e. The Morgan fingerprint density at radius 2 is 2.14 bits per heavy atom. The number of carbonyl (C=O) groups is 1. The van der Waals surface area contributed by atoms with Gasteiger partial charge in [0.25, 0.3) is 0 Å². The number of thioether (sulfide) groups is 1. The molecule has 1 N–H and O–H groups in total. The zero-order valence-corrected chi connectivity index (χ0v) is 10.1. The molecule has 0 aromatic heterocycles. The summed E-state index contributed by atoms with van der Waals surface area (Å²) in [5.74, 6) is 1.92. The topological polar surface area (TPSA) is 40.5 Å². The molecule has 0 amide bonds. The molecule has 0 aliphatic rings. The minimum Gasteiger partial charge on any atom is -0.480 e. The lowest BCUT2D eigenvalue weighted by atomic mass is 10.2. The van der Waals surface area contributed by atoms with Crippen LogP contribution in [0.15, 0.2) is 0 Å². The summed E-state index contributed by atoms with van der Waals surface area (Å²) in [6.45, 7) is 8.26. The number of aliphatic carboxylic acids is 1. The van der Waals surface area contributed by atoms with Gasteiger partial charge in [-0.2, -0.15) is 11.8 Å². The lowest BCUT2D eigenvalue weighted by molar-refractivity contribution is -0.138. The van der Waals surface area contributed by atoms with E-state index in [2.05, 4.69) is 20.8 Å². The molecule has 0 bridgehead atoms. The molecule has 0 unspecified atom stereocenters. The van der Waals surface area contributed by atoms with Crippen molar-refractivity contribution in [3.63, 3.8) is 0 Å². The molecule has 0 rings (SSSR count). The molecule has 0 fully saturated rings. The van der Waals surface area contributed by atoms with Gasteiger partial charge in [0.15, 0.2) is 0 Å². The van der Waals surface area contributed by atoms with Gasteiger partial charge in [0.1, 0.15) is 0 Å². The Morgan fingerprint density at radius 1 is 1.50 bits per heavy atom. The van der Waals surface area contributed by atoms with Gasteiger partial charge >= 0.3 is 5.97 Å². The number of nitrogens with zero attached hydrogens (tertiary/aromatic N) is 1. The first-order chi connectivity index (χ1) is 6.56. The van der Waals surface area contributed by atoms with Crippen LogP contribution >= 0.6 is 11.8 Å². The van der Waals surface area contributed by atoms with Crippen molar-refractivity contribution in [1.82, 2.24) is 4.90 Å². The van der Waals surface area contributed by atoms with Crippen LogP contribution < -0.4 is 0 Å². The predicted octanol–water partition coefficient (Wildman–Crippen LogP) is 1.78. The fourth-order valence-electron chi connectivity index (χ4n) is 1.28. The summed E-state index contributed by atoms with van der Waals surface area (Å²) in [5, 5.41) is 8.70. The van der Waals surface area contributed by atoms with Crippen LogP contribution in [0.5, 0.6) is 0 Å². The molecule has 4 heteroatoms. The number of hydrogen-bond acceptors (Lipinski definition) is 3. The molecule has 0 spiro atoms. The van der Waals surface area contributed by atoms with Gasteiger partial charge < -0.3 is 5.11 Å². The van der Waals surface area contributed by atoms with E-state index in [-0.39, 0.29) is 6.54 Å². The molecule has 0 saturated carbocycles. The summed E-state index contributed by atoms with van der Waals surface area (Å²) >= 11 is 1.86. The van der Waals surface area contributed by atoms with Crippen molar-refractivity contribution in [1.29, 1.82) is 0 Å². The molecule has 84 valence electrons. The summed E-state index contributed by atoms with van der Waals surface area (Å²) in [6.07, 6.45) is 0. The Bertz CT molecular complexity index is 162. The summed E-state index contributed by atoms with van der Waals surface area (Å²) in [6, 6.07) is 0. The van der Waals surface area contributed by atoms with Crippen LogP contribution in [0.3, 0.4) is 0 Å². The molecule has 0 radical (unpaired) electrons. The van der Waals surface area contributed by atoms with E-state index in [0.717, 1.165) is 24.6 Å². The first-order valence-electron chi connectivity index (χ1n) is 5.08. The van der Waals surface area contributed by atoms with Gasteiger partial charge in [0.2, 0.25) is 0 Å². The van der Waals surface area contributed by atoms with E-state index >= 15 is 0 Å². The third-order valence-electron chi connectivity index (χ3n) is 1.74. The van der Waals surface area contributed by atoms with Gasteiger partial charge in [0, 0.05) is 18.8 Å². The SMILES string of the molecule is CCSCCN(CC(=O)O)CC(C)C. The number of carboxylic acid groups (broad SMARTS) is 1. The van der Waals surface area contributed by atoms with Crippen LogP contribution in [-0.2, 0) is 4.79 Å². The minimum atomic E-state index is -0.729. The maximum Gasteiger partial charge on any atom is 0.317 e. The maximum atomic E-state index is 10.6. The van der Waals surface area contributed by atoms with Crippen molar-refractivity contribution in [2.45, 2.75) is 20.8 Å². The Kier molecular flexibility index (Phi) is 7.99. The standard InChI is InChI=1S/C10H21NO2S/c1-4-14-6-5-11(7-9(2)3)8-10(12)13/h9H,4-8H2,1-3H3,(H,12,13). The van der Waals surface area contributed by atoms with E-state index in [4.69, 9.17) is 5.11 Å². The van der Waals surface area contributed by atoms with E-state index in [0.29, 0.717) is 5.92 Å². The Labute approximate surface area is 90.9 Å². The average molecular weight is 219 g/mol. The van der Waals surface area contributed by atoms with E-state index in [1.165, 1.54) is 0 Å². The predicted molar refractivity (Wildman–Crippen MR) is 61.9 cm³/mol. The first-order valence-corrected chi connectivity index (χ1v) is 6.23. The van der Waals surface area contributed by atoms with Crippen molar-refractivity contribution in [3.05, 3.63) is 0 Å². The third-order valence-corrected chi connectivity index (χ3v) is 2.62. The first kappa shape index (κ1) is 13.8. The summed E-state index contributed by atoms with van der Waals surface area (Å²) in [7, 11) is 0. The number of carboxylic acids is 1. The van der Waals surface area contributed by atoms with Crippen LogP contribution in [0, 0.1) is 5.92 Å². The van der Waals surface area contributed by atoms with Crippen molar-refractivity contribution in [2.24, 2.45) is 5.92 Å². The molecule has 3 nitrogen and oxygen atoms in total. The van der Waals surface area contributed by atoms with E-state index in [1.807, 2.05) is 16.7 Å². The molecule has 0 aromatic carbocycles. The van der Waals surface area contributed by atoms with Crippen molar-refractivity contribution in [2.75, 3.05) is 31.1 Å². The quantitative estimate of drug-likeness (QED) is 0.632. The number of hydrogen-bond donors (Lipinski definition) is 1. The van der Waals surface area contributed by atoms with Gasteiger partial charge in [-0.25, -0.2) is 0 Å². The van der Waals surface area contributed by atoms with Gasteiger partial charge in [-0.3, -0.25) is 9.69 Å². The van der Waals surface area contributed by atoms with Gasteiger partial charge in [-0.1, -0.05) is 20.8 Å². The maximum absolute atomic E-state index is 10.6. The molecule has 0 aromatic rings. The lowest BCUT2D eigenvalue weighted by Gasteiger charge is -2.21. The molecular weight excluding hydrogens is 198 g/mol. The summed E-state index contributed by atoms with van der Waals surface area (Å²) in [4.78, 5) is 12.6. The molecule has 0 atom stereocenters. The third kappa shape index (κ3) is 8.38. The van der Waals surface area contributed by atoms with E-state index in [1.54, 1.807) is 0 Å². The monoisotopic (exact) mass is 219 g/mol. The second-order valence-electron chi connectivity index (χ2n) is 3.72. The molecule has 0 heterocycles. The summed E-state index contributed by atoms with van der Waals surface area (Å²) < 4.78 is 0. The minimum absolute atomic E-state index is 0.169. The van der Waals surface area contributed by atoms with Gasteiger partial charge in [0.05, 0.1) is 6.54 Å². The highest BCUT2D eigenvalue weighted by atomic mass is 32.2. The van der Waals surface area contributed by atoms with Crippen LogP contribution in [0.2, 0.25) is 0 Å². The molecule has 14 heavy (non-hydrogen) atoms. The fourth-order valence-corrected chi connectivity index (χ4v) is 1.96. The molecule has 0 saturated heterocycles. The van der Waals surface area contributed by atoms with Crippen LogP contribution in [0.25, 0.3) is 0 Å². The van der Waals surface area contributed by atoms with Gasteiger partial charge in [-0.15, -0.1) is 0 Å².